The van der Waals surface area contributed by atoms with E-state index in [-0.39, 0.29) is 18.5 Å². The Morgan fingerprint density at radius 1 is 1.30 bits per heavy atom. The third kappa shape index (κ3) is 3.90. The van der Waals surface area contributed by atoms with Crippen LogP contribution in [-0.2, 0) is 6.61 Å². The zero-order valence-electron chi connectivity index (χ0n) is 13.6. The van der Waals surface area contributed by atoms with Gasteiger partial charge >= 0.3 is 0 Å². The number of nitrogens with two attached hydrogens (primary N) is 1. The fourth-order valence-corrected chi connectivity index (χ4v) is 2.41. The summed E-state index contributed by atoms with van der Waals surface area (Å²) in [5.41, 5.74) is 8.01. The smallest absolute Gasteiger partial charge is 0.257 e. The minimum Gasteiger partial charge on any atom is -0.487 e. The van der Waals surface area contributed by atoms with Gasteiger partial charge in [-0.15, -0.1) is 0 Å². The molecule has 2 rings (SSSR count). The summed E-state index contributed by atoms with van der Waals surface area (Å²) in [5, 5.41) is 0.639. The van der Waals surface area contributed by atoms with E-state index in [0.717, 1.165) is 5.56 Å². The van der Waals surface area contributed by atoms with Gasteiger partial charge in [0.1, 0.15) is 12.4 Å². The van der Waals surface area contributed by atoms with Gasteiger partial charge in [0.15, 0.2) is 0 Å². The van der Waals surface area contributed by atoms with Crippen molar-refractivity contribution in [2.45, 2.75) is 20.5 Å². The molecule has 1 aromatic carbocycles. The maximum Gasteiger partial charge on any atom is 0.257 e. The number of aromatic nitrogens is 2. The molecular formula is C16H19ClN4O2. The first-order chi connectivity index (χ1) is 10.8. The number of anilines is 1. The van der Waals surface area contributed by atoms with Gasteiger partial charge in [-0.3, -0.25) is 4.79 Å². The highest BCUT2D eigenvalue weighted by Crippen LogP contribution is 2.23. The van der Waals surface area contributed by atoms with E-state index in [4.69, 9.17) is 22.1 Å². The van der Waals surface area contributed by atoms with Gasteiger partial charge in [0.05, 0.1) is 17.0 Å². The van der Waals surface area contributed by atoms with Gasteiger partial charge in [-0.25, -0.2) is 9.97 Å². The highest BCUT2D eigenvalue weighted by Gasteiger charge is 2.20. The van der Waals surface area contributed by atoms with Crippen LogP contribution in [0.2, 0.25) is 5.02 Å². The number of hydrogen-bond donors (Lipinski definition) is 1. The fraction of sp³-hybridized carbons (Fsp3) is 0.312. The molecule has 7 heteroatoms. The zero-order valence-corrected chi connectivity index (χ0v) is 14.3. The van der Waals surface area contributed by atoms with Crippen molar-refractivity contribution in [1.82, 2.24) is 14.9 Å². The van der Waals surface area contributed by atoms with Crippen molar-refractivity contribution in [3.8, 4) is 5.75 Å². The van der Waals surface area contributed by atoms with Crippen molar-refractivity contribution >= 4 is 23.5 Å². The summed E-state index contributed by atoms with van der Waals surface area (Å²) in [6.07, 6.45) is 0. The van der Waals surface area contributed by atoms with Crippen LogP contribution in [-0.4, -0.2) is 34.9 Å². The molecule has 0 aliphatic rings. The molecule has 1 aromatic heterocycles. The quantitative estimate of drug-likeness (QED) is 0.929. The Bertz CT molecular complexity index is 747. The predicted molar refractivity (Wildman–Crippen MR) is 89.7 cm³/mol. The summed E-state index contributed by atoms with van der Waals surface area (Å²) in [5.74, 6) is 0.602. The highest BCUT2D eigenvalue weighted by molar-refractivity contribution is 6.30. The lowest BCUT2D eigenvalue weighted by Gasteiger charge is -2.16. The Morgan fingerprint density at radius 2 is 2.00 bits per heavy atom. The standard InChI is InChI=1S/C16H19ClN4O2/c1-9-7-11(17)5-6-13(9)23-8-12-14(15(22)21(3)4)10(2)19-16(18)20-12/h5-7H,8H2,1-4H3,(H2,18,19,20). The molecule has 2 aromatic rings. The number of rotatable bonds is 4. The number of halogens is 1. The van der Waals surface area contributed by atoms with Crippen LogP contribution in [0.25, 0.3) is 0 Å². The van der Waals surface area contributed by atoms with Gasteiger partial charge < -0.3 is 15.4 Å². The van der Waals surface area contributed by atoms with Gasteiger partial charge in [0, 0.05) is 19.1 Å². The van der Waals surface area contributed by atoms with E-state index in [1.165, 1.54) is 4.90 Å². The van der Waals surface area contributed by atoms with Crippen LogP contribution in [0, 0.1) is 13.8 Å². The second kappa shape index (κ2) is 6.83. The minimum absolute atomic E-state index is 0.115. The summed E-state index contributed by atoms with van der Waals surface area (Å²) in [7, 11) is 3.35. The topological polar surface area (TPSA) is 81.3 Å². The fourth-order valence-electron chi connectivity index (χ4n) is 2.18. The van der Waals surface area contributed by atoms with E-state index in [1.807, 2.05) is 13.0 Å². The predicted octanol–water partition coefficient (Wildman–Crippen LogP) is 2.61. The molecule has 0 spiro atoms. The van der Waals surface area contributed by atoms with E-state index in [2.05, 4.69) is 9.97 Å². The van der Waals surface area contributed by atoms with E-state index >= 15 is 0 Å². The van der Waals surface area contributed by atoms with Gasteiger partial charge in [-0.2, -0.15) is 0 Å². The number of hydrogen-bond acceptors (Lipinski definition) is 5. The average Bonchev–Trinajstić information content (AvgIpc) is 2.45. The van der Waals surface area contributed by atoms with Crippen LogP contribution in [0.15, 0.2) is 18.2 Å². The molecule has 0 fully saturated rings. The van der Waals surface area contributed by atoms with E-state index in [0.29, 0.717) is 27.7 Å². The van der Waals surface area contributed by atoms with Crippen LogP contribution in [0.3, 0.4) is 0 Å². The molecular weight excluding hydrogens is 316 g/mol. The Hall–Kier alpha value is -2.34. The number of carbonyl (C=O) groups is 1. The van der Waals surface area contributed by atoms with Crippen LogP contribution in [0.5, 0.6) is 5.75 Å². The molecule has 0 aliphatic heterocycles. The first-order valence-corrected chi connectivity index (χ1v) is 7.41. The Labute approximate surface area is 140 Å². The molecule has 0 unspecified atom stereocenters. The second-order valence-corrected chi connectivity index (χ2v) is 5.82. The van der Waals surface area contributed by atoms with Crippen molar-refractivity contribution in [2.75, 3.05) is 19.8 Å². The second-order valence-electron chi connectivity index (χ2n) is 5.39. The number of nitrogen functional groups attached to an aromatic ring is 1. The number of carbonyl (C=O) groups excluding carboxylic acids is 1. The van der Waals surface area contributed by atoms with E-state index in [9.17, 15) is 4.79 Å². The molecule has 2 N–H and O–H groups in total. The van der Waals surface area contributed by atoms with Crippen LogP contribution < -0.4 is 10.5 Å². The molecule has 0 saturated carbocycles. The number of benzene rings is 1. The summed E-state index contributed by atoms with van der Waals surface area (Å²) in [6, 6.07) is 5.33. The average molecular weight is 335 g/mol. The van der Waals surface area contributed by atoms with Gasteiger partial charge in [-0.1, -0.05) is 11.6 Å². The van der Waals surface area contributed by atoms with E-state index < -0.39 is 0 Å². The van der Waals surface area contributed by atoms with Crippen LogP contribution >= 0.6 is 11.6 Å². The van der Waals surface area contributed by atoms with Crippen LogP contribution in [0.1, 0.15) is 27.3 Å². The molecule has 1 amide bonds. The number of amides is 1. The van der Waals surface area contributed by atoms with Gasteiger partial charge in [0.2, 0.25) is 5.95 Å². The number of aryl methyl sites for hydroxylation is 2. The Kier molecular flexibility index (Phi) is 5.05. The molecule has 0 radical (unpaired) electrons. The third-order valence-corrected chi connectivity index (χ3v) is 3.54. The highest BCUT2D eigenvalue weighted by atomic mass is 35.5. The first-order valence-electron chi connectivity index (χ1n) is 7.03. The molecule has 122 valence electrons. The molecule has 1 heterocycles. The molecule has 0 aliphatic carbocycles. The zero-order chi connectivity index (χ0) is 17.1. The lowest BCUT2D eigenvalue weighted by molar-refractivity contribution is 0.0823. The monoisotopic (exact) mass is 334 g/mol. The SMILES string of the molecule is Cc1cc(Cl)ccc1OCc1nc(N)nc(C)c1C(=O)N(C)C. The largest absolute Gasteiger partial charge is 0.487 e. The maximum atomic E-state index is 12.4. The Balaban J connectivity index is 2.33. The van der Waals surface area contributed by atoms with Gasteiger partial charge in [-0.05, 0) is 37.6 Å². The lowest BCUT2D eigenvalue weighted by atomic mass is 10.1. The van der Waals surface area contributed by atoms with Crippen molar-refractivity contribution in [1.29, 1.82) is 0 Å². The molecule has 0 atom stereocenters. The van der Waals surface area contributed by atoms with Crippen LogP contribution in [0.4, 0.5) is 5.95 Å². The number of nitrogens with zero attached hydrogens (tertiary/aromatic N) is 3. The normalized spacial score (nSPS) is 10.5. The summed E-state index contributed by atoms with van der Waals surface area (Å²) in [6.45, 7) is 3.74. The van der Waals surface area contributed by atoms with Crippen molar-refractivity contribution in [2.24, 2.45) is 0 Å². The molecule has 0 bridgehead atoms. The third-order valence-electron chi connectivity index (χ3n) is 3.30. The summed E-state index contributed by atoms with van der Waals surface area (Å²) < 4.78 is 5.78. The van der Waals surface area contributed by atoms with Crippen molar-refractivity contribution < 1.29 is 9.53 Å². The minimum atomic E-state index is -0.186. The number of ether oxygens (including phenoxy) is 1. The molecule has 23 heavy (non-hydrogen) atoms. The van der Waals surface area contributed by atoms with Crippen molar-refractivity contribution in [3.63, 3.8) is 0 Å². The molecule has 6 nitrogen and oxygen atoms in total. The van der Waals surface area contributed by atoms with Crippen molar-refractivity contribution in [3.05, 3.63) is 45.7 Å². The summed E-state index contributed by atoms with van der Waals surface area (Å²) in [4.78, 5) is 22.1. The van der Waals surface area contributed by atoms with Gasteiger partial charge in [0.25, 0.3) is 5.91 Å². The summed E-state index contributed by atoms with van der Waals surface area (Å²) >= 11 is 5.93. The van der Waals surface area contributed by atoms with E-state index in [1.54, 1.807) is 33.2 Å². The maximum absolute atomic E-state index is 12.4. The Morgan fingerprint density at radius 3 is 2.61 bits per heavy atom. The lowest BCUT2D eigenvalue weighted by Crippen LogP contribution is -2.26. The first kappa shape index (κ1) is 17.0. The molecule has 0 saturated heterocycles.